The average Bonchev–Trinajstić information content (AvgIpc) is 2.60. The van der Waals surface area contributed by atoms with Crippen molar-refractivity contribution in [2.45, 2.75) is 111 Å². The van der Waals surface area contributed by atoms with E-state index in [1.54, 1.807) is 0 Å². The van der Waals surface area contributed by atoms with E-state index in [9.17, 15) is 9.59 Å². The van der Waals surface area contributed by atoms with E-state index in [0.29, 0.717) is 19.6 Å². The van der Waals surface area contributed by atoms with E-state index in [2.05, 4.69) is 13.8 Å². The number of hydrogen-bond acceptors (Lipinski definition) is 4. The highest BCUT2D eigenvalue weighted by atomic mass is 16.5. The first-order valence-electron chi connectivity index (χ1n) is 10.8. The molecule has 0 saturated carbocycles. The van der Waals surface area contributed by atoms with Crippen molar-refractivity contribution >= 4 is 11.9 Å². The fourth-order valence-electron chi connectivity index (χ4n) is 2.73. The maximum Gasteiger partial charge on any atom is 0.311 e. The van der Waals surface area contributed by atoms with Gasteiger partial charge in [-0.1, -0.05) is 65.2 Å². The molecule has 0 aromatic rings. The van der Waals surface area contributed by atoms with Gasteiger partial charge in [0.1, 0.15) is 0 Å². The quantitative estimate of drug-likeness (QED) is 0.226. The monoisotopic (exact) mass is 370 g/mol. The van der Waals surface area contributed by atoms with Crippen LogP contribution >= 0.6 is 0 Å². The predicted octanol–water partition coefficient (Wildman–Crippen LogP) is 6.21. The lowest BCUT2D eigenvalue weighted by molar-refractivity contribution is -0.154. The molecule has 0 fully saturated rings. The molecule has 154 valence electrons. The van der Waals surface area contributed by atoms with Gasteiger partial charge in [-0.05, 0) is 39.5 Å². The molecule has 0 aliphatic carbocycles. The normalized spacial score (nSPS) is 11.4. The molecule has 0 amide bonds. The van der Waals surface area contributed by atoms with Gasteiger partial charge in [0.2, 0.25) is 0 Å². The largest absolute Gasteiger partial charge is 0.466 e. The minimum Gasteiger partial charge on any atom is -0.466 e. The third kappa shape index (κ3) is 14.1. The minimum absolute atomic E-state index is 0.0495. The molecular formula is C22H42O4. The van der Waals surface area contributed by atoms with Gasteiger partial charge < -0.3 is 9.47 Å². The van der Waals surface area contributed by atoms with Gasteiger partial charge >= 0.3 is 11.9 Å². The van der Waals surface area contributed by atoms with Crippen molar-refractivity contribution < 1.29 is 19.1 Å². The molecule has 26 heavy (non-hydrogen) atoms. The molecule has 0 aromatic heterocycles. The van der Waals surface area contributed by atoms with Crippen LogP contribution in [0.4, 0.5) is 0 Å². The highest BCUT2D eigenvalue weighted by Crippen LogP contribution is 2.26. The van der Waals surface area contributed by atoms with Crippen molar-refractivity contribution in [3.8, 4) is 0 Å². The second-order valence-corrected chi connectivity index (χ2v) is 7.92. The fourth-order valence-corrected chi connectivity index (χ4v) is 2.73. The predicted molar refractivity (Wildman–Crippen MR) is 107 cm³/mol. The highest BCUT2D eigenvalue weighted by Gasteiger charge is 2.28. The third-order valence-electron chi connectivity index (χ3n) is 4.73. The summed E-state index contributed by atoms with van der Waals surface area (Å²) in [6.07, 6.45) is 13.3. The van der Waals surface area contributed by atoms with E-state index in [1.807, 2.05) is 13.8 Å². The second kappa shape index (κ2) is 16.1. The van der Waals surface area contributed by atoms with Gasteiger partial charge in [0.15, 0.2) is 0 Å². The number of hydrogen-bond donors (Lipinski definition) is 0. The number of rotatable bonds is 17. The van der Waals surface area contributed by atoms with Crippen molar-refractivity contribution in [1.82, 2.24) is 0 Å². The van der Waals surface area contributed by atoms with E-state index in [1.165, 1.54) is 19.3 Å². The highest BCUT2D eigenvalue weighted by molar-refractivity contribution is 5.75. The Morgan fingerprint density at radius 3 is 1.77 bits per heavy atom. The number of carbonyl (C=O) groups excluding carboxylic acids is 2. The van der Waals surface area contributed by atoms with Crippen molar-refractivity contribution in [3.05, 3.63) is 0 Å². The van der Waals surface area contributed by atoms with Gasteiger partial charge in [-0.25, -0.2) is 0 Å². The van der Waals surface area contributed by atoms with Gasteiger partial charge in [0.25, 0.3) is 0 Å². The van der Waals surface area contributed by atoms with Gasteiger partial charge in [0.05, 0.1) is 18.6 Å². The van der Waals surface area contributed by atoms with Crippen LogP contribution in [-0.2, 0) is 19.1 Å². The van der Waals surface area contributed by atoms with Crippen LogP contribution in [0.3, 0.4) is 0 Å². The molecule has 0 radical (unpaired) electrons. The van der Waals surface area contributed by atoms with Crippen LogP contribution in [0.2, 0.25) is 0 Å². The smallest absolute Gasteiger partial charge is 0.311 e. The molecule has 0 saturated heterocycles. The first kappa shape index (κ1) is 24.9. The first-order valence-corrected chi connectivity index (χ1v) is 10.8. The molecule has 0 aliphatic heterocycles. The SMILES string of the molecule is CCCCOC(=O)CCCCCCCCCC(C)(C)C(=O)OCCCC. The van der Waals surface area contributed by atoms with Gasteiger partial charge in [0, 0.05) is 6.42 Å². The zero-order chi connectivity index (χ0) is 19.7. The standard InChI is InChI=1S/C22H42O4/c1-5-7-18-25-20(23)16-14-12-10-9-11-13-15-17-22(3,4)21(24)26-19-8-6-2/h5-19H2,1-4H3. The molecule has 0 aliphatic rings. The number of esters is 2. The van der Waals surface area contributed by atoms with Crippen molar-refractivity contribution in [3.63, 3.8) is 0 Å². The summed E-state index contributed by atoms with van der Waals surface area (Å²) in [6, 6.07) is 0. The first-order chi connectivity index (χ1) is 12.4. The zero-order valence-electron chi connectivity index (χ0n) is 17.7. The maximum atomic E-state index is 12.1. The Bertz CT molecular complexity index is 363. The maximum absolute atomic E-state index is 12.1. The molecule has 4 nitrogen and oxygen atoms in total. The zero-order valence-corrected chi connectivity index (χ0v) is 17.7. The molecular weight excluding hydrogens is 328 g/mol. The van der Waals surface area contributed by atoms with Gasteiger partial charge in [-0.2, -0.15) is 0 Å². The molecule has 0 N–H and O–H groups in total. The summed E-state index contributed by atoms with van der Waals surface area (Å²) in [5.41, 5.74) is -0.369. The van der Waals surface area contributed by atoms with E-state index >= 15 is 0 Å². The van der Waals surface area contributed by atoms with Crippen LogP contribution in [0.5, 0.6) is 0 Å². The molecule has 0 atom stereocenters. The van der Waals surface area contributed by atoms with Crippen LogP contribution in [0.1, 0.15) is 111 Å². The Kier molecular flexibility index (Phi) is 15.5. The summed E-state index contributed by atoms with van der Waals surface area (Å²) in [4.78, 5) is 23.5. The van der Waals surface area contributed by atoms with Gasteiger partial charge in [-0.15, -0.1) is 0 Å². The van der Waals surface area contributed by atoms with Crippen LogP contribution in [0.25, 0.3) is 0 Å². The van der Waals surface area contributed by atoms with Crippen LogP contribution in [-0.4, -0.2) is 25.2 Å². The lowest BCUT2D eigenvalue weighted by atomic mass is 9.87. The summed E-state index contributed by atoms with van der Waals surface area (Å²) in [7, 11) is 0. The lowest BCUT2D eigenvalue weighted by Gasteiger charge is -2.22. The molecule has 0 bridgehead atoms. The van der Waals surface area contributed by atoms with Gasteiger partial charge in [-0.3, -0.25) is 9.59 Å². The second-order valence-electron chi connectivity index (χ2n) is 7.92. The number of carbonyl (C=O) groups is 2. The van der Waals surface area contributed by atoms with Crippen LogP contribution in [0.15, 0.2) is 0 Å². The Labute approximate surface area is 161 Å². The minimum atomic E-state index is -0.369. The van der Waals surface area contributed by atoms with Crippen LogP contribution in [0, 0.1) is 5.41 Å². The van der Waals surface area contributed by atoms with E-state index in [-0.39, 0.29) is 17.4 Å². The molecule has 0 spiro atoms. The third-order valence-corrected chi connectivity index (χ3v) is 4.73. The van der Waals surface area contributed by atoms with E-state index in [0.717, 1.165) is 57.8 Å². The van der Waals surface area contributed by atoms with Crippen LogP contribution < -0.4 is 0 Å². The molecule has 0 rings (SSSR count). The molecule has 4 heteroatoms. The summed E-state index contributed by atoms with van der Waals surface area (Å²) in [5.74, 6) is -0.108. The number of unbranched alkanes of at least 4 members (excludes halogenated alkanes) is 8. The van der Waals surface area contributed by atoms with E-state index < -0.39 is 0 Å². The summed E-state index contributed by atoms with van der Waals surface area (Å²) < 4.78 is 10.5. The fraction of sp³-hybridized carbons (Fsp3) is 0.909. The molecule has 0 heterocycles. The average molecular weight is 371 g/mol. The summed E-state index contributed by atoms with van der Waals surface area (Å²) in [6.45, 7) is 9.27. The Balaban J connectivity index is 3.52. The summed E-state index contributed by atoms with van der Waals surface area (Å²) in [5, 5.41) is 0. The topological polar surface area (TPSA) is 52.6 Å². The van der Waals surface area contributed by atoms with Crippen molar-refractivity contribution in [1.29, 1.82) is 0 Å². The lowest BCUT2D eigenvalue weighted by Crippen LogP contribution is -2.27. The Hall–Kier alpha value is -1.06. The van der Waals surface area contributed by atoms with Crippen molar-refractivity contribution in [2.75, 3.05) is 13.2 Å². The van der Waals surface area contributed by atoms with E-state index in [4.69, 9.17) is 9.47 Å². The molecule has 0 unspecified atom stereocenters. The summed E-state index contributed by atoms with van der Waals surface area (Å²) >= 11 is 0. The Morgan fingerprint density at radius 1 is 0.692 bits per heavy atom. The molecule has 0 aromatic carbocycles. The number of ether oxygens (including phenoxy) is 2. The Morgan fingerprint density at radius 2 is 1.19 bits per heavy atom. The van der Waals surface area contributed by atoms with Crippen molar-refractivity contribution in [2.24, 2.45) is 5.41 Å².